The van der Waals surface area contributed by atoms with Crippen molar-refractivity contribution < 1.29 is 14.3 Å². The SMILES string of the molecule is CCCC(=O)C(CCC)NC(=O)OC. The summed E-state index contributed by atoms with van der Waals surface area (Å²) in [4.78, 5) is 22.4. The van der Waals surface area contributed by atoms with Crippen molar-refractivity contribution in [3.63, 3.8) is 0 Å². The van der Waals surface area contributed by atoms with Crippen LogP contribution >= 0.6 is 0 Å². The van der Waals surface area contributed by atoms with E-state index in [1.807, 2.05) is 13.8 Å². The Bertz CT molecular complexity index is 192. The molecule has 0 aromatic rings. The summed E-state index contributed by atoms with van der Waals surface area (Å²) in [7, 11) is 1.29. The first kappa shape index (κ1) is 12.9. The molecule has 82 valence electrons. The predicted octanol–water partition coefficient (Wildman–Crippen LogP) is 1.88. The van der Waals surface area contributed by atoms with Crippen LogP contribution in [0.2, 0.25) is 0 Å². The number of ketones is 1. The number of rotatable bonds is 6. The van der Waals surface area contributed by atoms with E-state index in [4.69, 9.17) is 0 Å². The fraction of sp³-hybridized carbons (Fsp3) is 0.800. The number of Topliss-reactive ketones (excluding diaryl/α,β-unsaturated/α-hetero) is 1. The van der Waals surface area contributed by atoms with Gasteiger partial charge in [0, 0.05) is 6.42 Å². The lowest BCUT2D eigenvalue weighted by Gasteiger charge is -2.15. The van der Waals surface area contributed by atoms with E-state index in [1.165, 1.54) is 7.11 Å². The summed E-state index contributed by atoms with van der Waals surface area (Å²) < 4.78 is 4.45. The number of ether oxygens (including phenoxy) is 1. The van der Waals surface area contributed by atoms with Gasteiger partial charge < -0.3 is 10.1 Å². The Kier molecular flexibility index (Phi) is 6.80. The summed E-state index contributed by atoms with van der Waals surface area (Å²) in [6.07, 6.45) is 2.32. The molecule has 1 N–H and O–H groups in total. The highest BCUT2D eigenvalue weighted by Gasteiger charge is 2.18. The van der Waals surface area contributed by atoms with Crippen LogP contribution in [-0.4, -0.2) is 25.0 Å². The Balaban J connectivity index is 4.13. The van der Waals surface area contributed by atoms with Gasteiger partial charge in [0.05, 0.1) is 13.2 Å². The Hall–Kier alpha value is -1.06. The van der Waals surface area contributed by atoms with Crippen LogP contribution in [-0.2, 0) is 9.53 Å². The molecule has 0 rings (SSSR count). The fourth-order valence-corrected chi connectivity index (χ4v) is 1.22. The van der Waals surface area contributed by atoms with E-state index in [9.17, 15) is 9.59 Å². The molecule has 1 unspecified atom stereocenters. The quantitative estimate of drug-likeness (QED) is 0.713. The van der Waals surface area contributed by atoms with E-state index in [0.29, 0.717) is 12.8 Å². The summed E-state index contributed by atoms with van der Waals surface area (Å²) in [5.41, 5.74) is 0. The standard InChI is InChI=1S/C10H19NO3/c1-4-6-8(9(12)7-5-2)11-10(13)14-3/h8H,4-7H2,1-3H3,(H,11,13). The van der Waals surface area contributed by atoms with Gasteiger partial charge in [-0.2, -0.15) is 0 Å². The monoisotopic (exact) mass is 201 g/mol. The van der Waals surface area contributed by atoms with Gasteiger partial charge in [-0.25, -0.2) is 4.79 Å². The van der Waals surface area contributed by atoms with E-state index >= 15 is 0 Å². The number of amides is 1. The predicted molar refractivity (Wildman–Crippen MR) is 54.2 cm³/mol. The lowest BCUT2D eigenvalue weighted by molar-refractivity contribution is -0.121. The second-order valence-corrected chi connectivity index (χ2v) is 3.19. The largest absolute Gasteiger partial charge is 0.453 e. The molecule has 0 fully saturated rings. The van der Waals surface area contributed by atoms with Crippen LogP contribution in [0.4, 0.5) is 4.79 Å². The second kappa shape index (κ2) is 7.35. The van der Waals surface area contributed by atoms with Gasteiger partial charge in [-0.15, -0.1) is 0 Å². The number of carbonyl (C=O) groups is 2. The van der Waals surface area contributed by atoms with Crippen molar-refractivity contribution in [2.75, 3.05) is 7.11 Å². The number of carbonyl (C=O) groups excluding carboxylic acids is 2. The molecule has 0 saturated heterocycles. The molecule has 0 aliphatic rings. The van der Waals surface area contributed by atoms with Crippen LogP contribution in [0.3, 0.4) is 0 Å². The van der Waals surface area contributed by atoms with Crippen molar-refractivity contribution in [1.29, 1.82) is 0 Å². The molecule has 0 heterocycles. The van der Waals surface area contributed by atoms with Crippen LogP contribution < -0.4 is 5.32 Å². The molecule has 0 aromatic carbocycles. The maximum atomic E-state index is 11.5. The van der Waals surface area contributed by atoms with Crippen LogP contribution in [0.25, 0.3) is 0 Å². The summed E-state index contributed by atoms with van der Waals surface area (Å²) in [5, 5.41) is 2.54. The molecule has 1 amide bonds. The molecular weight excluding hydrogens is 182 g/mol. The van der Waals surface area contributed by atoms with Crippen LogP contribution in [0.1, 0.15) is 39.5 Å². The Morgan fingerprint density at radius 2 is 1.93 bits per heavy atom. The smallest absolute Gasteiger partial charge is 0.407 e. The van der Waals surface area contributed by atoms with Gasteiger partial charge in [0.1, 0.15) is 0 Å². The Morgan fingerprint density at radius 1 is 1.29 bits per heavy atom. The topological polar surface area (TPSA) is 55.4 Å². The first-order valence-electron chi connectivity index (χ1n) is 5.02. The minimum Gasteiger partial charge on any atom is -0.453 e. The average molecular weight is 201 g/mol. The molecule has 0 radical (unpaired) electrons. The van der Waals surface area contributed by atoms with Crippen molar-refractivity contribution in [2.24, 2.45) is 0 Å². The van der Waals surface area contributed by atoms with E-state index in [2.05, 4.69) is 10.1 Å². The third kappa shape index (κ3) is 4.84. The van der Waals surface area contributed by atoms with Crippen molar-refractivity contribution >= 4 is 11.9 Å². The number of alkyl carbamates (subject to hydrolysis) is 1. The van der Waals surface area contributed by atoms with Gasteiger partial charge in [0.15, 0.2) is 5.78 Å². The molecule has 4 heteroatoms. The molecule has 0 bridgehead atoms. The van der Waals surface area contributed by atoms with Gasteiger partial charge in [-0.3, -0.25) is 4.79 Å². The van der Waals surface area contributed by atoms with Gasteiger partial charge >= 0.3 is 6.09 Å². The normalized spacial score (nSPS) is 11.9. The number of hydrogen-bond donors (Lipinski definition) is 1. The molecule has 14 heavy (non-hydrogen) atoms. The van der Waals surface area contributed by atoms with Gasteiger partial charge in [0.25, 0.3) is 0 Å². The van der Waals surface area contributed by atoms with E-state index in [1.54, 1.807) is 0 Å². The Labute approximate surface area is 85.0 Å². The zero-order valence-corrected chi connectivity index (χ0v) is 9.13. The summed E-state index contributed by atoms with van der Waals surface area (Å²) >= 11 is 0. The first-order valence-corrected chi connectivity index (χ1v) is 5.02. The molecule has 4 nitrogen and oxygen atoms in total. The fourth-order valence-electron chi connectivity index (χ4n) is 1.22. The zero-order chi connectivity index (χ0) is 11.0. The third-order valence-corrected chi connectivity index (χ3v) is 1.94. The lowest BCUT2D eigenvalue weighted by atomic mass is 10.0. The maximum Gasteiger partial charge on any atom is 0.407 e. The van der Waals surface area contributed by atoms with Gasteiger partial charge in [0.2, 0.25) is 0 Å². The van der Waals surface area contributed by atoms with Crippen molar-refractivity contribution in [2.45, 2.75) is 45.6 Å². The zero-order valence-electron chi connectivity index (χ0n) is 9.13. The summed E-state index contributed by atoms with van der Waals surface area (Å²) in [6, 6.07) is -0.382. The number of hydrogen-bond acceptors (Lipinski definition) is 3. The van der Waals surface area contributed by atoms with E-state index in [-0.39, 0.29) is 11.8 Å². The highest BCUT2D eigenvalue weighted by Crippen LogP contribution is 2.03. The maximum absolute atomic E-state index is 11.5. The highest BCUT2D eigenvalue weighted by atomic mass is 16.5. The average Bonchev–Trinajstić information content (AvgIpc) is 2.17. The minimum atomic E-state index is -0.534. The second-order valence-electron chi connectivity index (χ2n) is 3.19. The highest BCUT2D eigenvalue weighted by molar-refractivity contribution is 5.87. The van der Waals surface area contributed by atoms with Gasteiger partial charge in [-0.05, 0) is 12.8 Å². The summed E-state index contributed by atoms with van der Waals surface area (Å²) in [5.74, 6) is 0.0831. The Morgan fingerprint density at radius 3 is 2.36 bits per heavy atom. The number of nitrogens with one attached hydrogen (secondary N) is 1. The van der Waals surface area contributed by atoms with E-state index < -0.39 is 6.09 Å². The number of methoxy groups -OCH3 is 1. The third-order valence-electron chi connectivity index (χ3n) is 1.94. The molecule has 1 atom stereocenters. The van der Waals surface area contributed by atoms with Gasteiger partial charge in [-0.1, -0.05) is 20.3 Å². The lowest BCUT2D eigenvalue weighted by Crippen LogP contribution is -2.40. The summed E-state index contributed by atoms with van der Waals surface area (Å²) in [6.45, 7) is 3.92. The molecule has 0 aromatic heterocycles. The molecule has 0 spiro atoms. The van der Waals surface area contributed by atoms with Crippen LogP contribution in [0.5, 0.6) is 0 Å². The van der Waals surface area contributed by atoms with Crippen LogP contribution in [0, 0.1) is 0 Å². The molecule has 0 saturated carbocycles. The first-order chi connectivity index (χ1) is 6.65. The molecular formula is C10H19NO3. The van der Waals surface area contributed by atoms with Crippen molar-refractivity contribution in [3.8, 4) is 0 Å². The van der Waals surface area contributed by atoms with Crippen molar-refractivity contribution in [1.82, 2.24) is 5.32 Å². The molecule has 0 aliphatic heterocycles. The van der Waals surface area contributed by atoms with E-state index in [0.717, 1.165) is 12.8 Å². The van der Waals surface area contributed by atoms with Crippen molar-refractivity contribution in [3.05, 3.63) is 0 Å². The molecule has 0 aliphatic carbocycles. The minimum absolute atomic E-state index is 0.0831. The van der Waals surface area contributed by atoms with Crippen LogP contribution in [0.15, 0.2) is 0 Å².